The van der Waals surface area contributed by atoms with Gasteiger partial charge < -0.3 is 13.8 Å². The molecule has 2 atom stereocenters. The first kappa shape index (κ1) is 27.1. The average Bonchev–Trinajstić information content (AvgIpc) is 3.37. The van der Waals surface area contributed by atoms with Gasteiger partial charge in [-0.1, -0.05) is 5.16 Å². The summed E-state index contributed by atoms with van der Waals surface area (Å²) in [6, 6.07) is 2.46. The minimum Gasteiger partial charge on any atom is -0.404 e. The van der Waals surface area contributed by atoms with Gasteiger partial charge in [-0.05, 0) is 56.7 Å². The van der Waals surface area contributed by atoms with Crippen molar-refractivity contribution in [1.82, 2.24) is 29.6 Å². The second-order valence-electron chi connectivity index (χ2n) is 10.6. The number of hydrogen-bond acceptors (Lipinski definition) is 8. The maximum atomic E-state index is 13.3. The van der Waals surface area contributed by atoms with Crippen LogP contribution in [0.5, 0.6) is 5.75 Å². The van der Waals surface area contributed by atoms with Crippen molar-refractivity contribution in [2.45, 2.75) is 92.5 Å². The Balaban J connectivity index is 1.23. The Hall–Kier alpha value is -3.14. The third kappa shape index (κ3) is 5.68. The van der Waals surface area contributed by atoms with Crippen molar-refractivity contribution in [3.63, 3.8) is 0 Å². The fourth-order valence-corrected chi connectivity index (χ4v) is 6.79. The highest BCUT2D eigenvalue weighted by Crippen LogP contribution is 2.48. The fraction of sp³-hybridized carbons (Fsp3) is 0.583. The minimum absolute atomic E-state index is 0.0303. The molecule has 0 unspecified atom stereocenters. The molecule has 3 aliphatic rings. The van der Waals surface area contributed by atoms with Gasteiger partial charge in [-0.15, -0.1) is 23.4 Å². The Morgan fingerprint density at radius 1 is 1.10 bits per heavy atom. The SMILES string of the molecule is O=S(=O)(N[C@H]1CCC[C@@H](n2cnnc2C2CC2)C1)c1ccc(-c2noc(C3CC(F)(F)C3)n2)cc1OC(F)(F)F. The first-order valence-electron chi connectivity index (χ1n) is 12.9. The molecule has 0 spiro atoms. The smallest absolute Gasteiger partial charge is 0.404 e. The lowest BCUT2D eigenvalue weighted by Crippen LogP contribution is -2.39. The molecule has 0 amide bonds. The van der Waals surface area contributed by atoms with E-state index in [-0.39, 0.29) is 23.3 Å². The molecule has 2 aromatic heterocycles. The highest BCUT2D eigenvalue weighted by Gasteiger charge is 2.48. The molecule has 2 heterocycles. The van der Waals surface area contributed by atoms with Gasteiger partial charge in [-0.3, -0.25) is 0 Å². The third-order valence-corrected chi connectivity index (χ3v) is 9.06. The van der Waals surface area contributed by atoms with E-state index in [1.165, 1.54) is 6.07 Å². The van der Waals surface area contributed by atoms with Crippen molar-refractivity contribution in [1.29, 1.82) is 0 Å². The third-order valence-electron chi connectivity index (χ3n) is 7.50. The van der Waals surface area contributed by atoms with Crippen molar-refractivity contribution in [2.24, 2.45) is 0 Å². The molecule has 0 aliphatic heterocycles. The zero-order valence-corrected chi connectivity index (χ0v) is 21.8. The van der Waals surface area contributed by atoms with Crippen LogP contribution in [0.15, 0.2) is 33.9 Å². The molecule has 216 valence electrons. The molecule has 40 heavy (non-hydrogen) atoms. The van der Waals surface area contributed by atoms with Crippen LogP contribution < -0.4 is 9.46 Å². The largest absolute Gasteiger partial charge is 0.573 e. The summed E-state index contributed by atoms with van der Waals surface area (Å²) in [6.45, 7) is 0. The summed E-state index contributed by atoms with van der Waals surface area (Å²) in [5.74, 6) is -3.48. The van der Waals surface area contributed by atoms with Gasteiger partial charge in [0.05, 0.1) is 0 Å². The van der Waals surface area contributed by atoms with Gasteiger partial charge in [-0.25, -0.2) is 21.9 Å². The van der Waals surface area contributed by atoms with E-state index in [1.54, 1.807) is 6.33 Å². The van der Waals surface area contributed by atoms with Gasteiger partial charge in [0, 0.05) is 42.3 Å². The molecule has 3 aliphatic carbocycles. The maximum absolute atomic E-state index is 13.3. The predicted molar refractivity (Wildman–Crippen MR) is 127 cm³/mol. The van der Waals surface area contributed by atoms with Gasteiger partial charge in [-0.2, -0.15) is 4.98 Å². The molecule has 16 heteroatoms. The second kappa shape index (κ2) is 9.75. The monoisotopic (exact) mass is 588 g/mol. The van der Waals surface area contributed by atoms with Gasteiger partial charge >= 0.3 is 6.36 Å². The Bertz CT molecular complexity index is 1500. The zero-order valence-electron chi connectivity index (χ0n) is 20.9. The molecule has 0 radical (unpaired) electrons. The number of nitrogens with one attached hydrogen (secondary N) is 1. The van der Waals surface area contributed by atoms with Crippen molar-refractivity contribution < 1.29 is 39.6 Å². The van der Waals surface area contributed by atoms with E-state index in [0.717, 1.165) is 37.2 Å². The van der Waals surface area contributed by atoms with E-state index in [9.17, 15) is 30.4 Å². The lowest BCUT2D eigenvalue weighted by molar-refractivity contribution is -0.275. The molecule has 3 fully saturated rings. The van der Waals surface area contributed by atoms with Crippen LogP contribution in [0.4, 0.5) is 22.0 Å². The quantitative estimate of drug-likeness (QED) is 0.362. The summed E-state index contributed by atoms with van der Waals surface area (Å²) < 4.78 is 107. The van der Waals surface area contributed by atoms with Crippen molar-refractivity contribution in [3.05, 3.63) is 36.2 Å². The number of halogens is 5. The summed E-state index contributed by atoms with van der Waals surface area (Å²) in [4.78, 5) is 3.31. The summed E-state index contributed by atoms with van der Waals surface area (Å²) >= 11 is 0. The maximum Gasteiger partial charge on any atom is 0.573 e. The standard InChI is InChI=1S/C24H25F5N6O4S/c25-23(26)10-15(11-23)22-31-20(33-39-22)14-6-7-19(18(8-14)38-24(27,28)29)40(36,37)34-16-2-1-3-17(9-16)35-12-30-32-21(35)13-4-5-13/h6-8,12-13,15-17,34H,1-5,9-11H2/t16-,17+/m0/s1. The van der Waals surface area contributed by atoms with Crippen molar-refractivity contribution >= 4 is 10.0 Å². The van der Waals surface area contributed by atoms with E-state index in [4.69, 9.17) is 4.52 Å². The second-order valence-corrected chi connectivity index (χ2v) is 12.3. The van der Waals surface area contributed by atoms with E-state index in [2.05, 4.69) is 29.8 Å². The number of ether oxygens (including phenoxy) is 1. The van der Waals surface area contributed by atoms with Crippen LogP contribution in [-0.2, 0) is 10.0 Å². The Kier molecular flexibility index (Phi) is 6.59. The van der Waals surface area contributed by atoms with Crippen LogP contribution in [0.3, 0.4) is 0 Å². The topological polar surface area (TPSA) is 125 Å². The predicted octanol–water partition coefficient (Wildman–Crippen LogP) is 5.08. The van der Waals surface area contributed by atoms with E-state index in [0.29, 0.717) is 25.2 Å². The van der Waals surface area contributed by atoms with Crippen LogP contribution in [0.2, 0.25) is 0 Å². The van der Waals surface area contributed by atoms with Crippen LogP contribution in [0, 0.1) is 0 Å². The molecular weight excluding hydrogens is 563 g/mol. The normalized spacial score (nSPS) is 23.6. The van der Waals surface area contributed by atoms with Gasteiger partial charge in [0.1, 0.15) is 22.8 Å². The first-order chi connectivity index (χ1) is 18.9. The number of hydrogen-bond donors (Lipinski definition) is 1. The summed E-state index contributed by atoms with van der Waals surface area (Å²) in [5.41, 5.74) is -0.0303. The molecule has 0 saturated heterocycles. The van der Waals surface area contributed by atoms with E-state index >= 15 is 0 Å². The summed E-state index contributed by atoms with van der Waals surface area (Å²) in [7, 11) is -4.45. The number of alkyl halides is 5. The highest BCUT2D eigenvalue weighted by molar-refractivity contribution is 7.89. The van der Waals surface area contributed by atoms with Crippen LogP contribution in [-0.4, -0.2) is 51.6 Å². The van der Waals surface area contributed by atoms with Crippen LogP contribution >= 0.6 is 0 Å². The number of sulfonamides is 1. The lowest BCUT2D eigenvalue weighted by atomic mass is 9.81. The van der Waals surface area contributed by atoms with E-state index < -0.39 is 57.8 Å². The molecule has 10 nitrogen and oxygen atoms in total. The minimum atomic E-state index is -5.19. The van der Waals surface area contributed by atoms with Gasteiger partial charge in [0.25, 0.3) is 0 Å². The molecule has 3 aromatic rings. The van der Waals surface area contributed by atoms with Crippen molar-refractivity contribution in [2.75, 3.05) is 0 Å². The van der Waals surface area contributed by atoms with E-state index in [1.807, 2.05) is 4.57 Å². The molecule has 0 bridgehead atoms. The van der Waals surface area contributed by atoms with Gasteiger partial charge in [0.15, 0.2) is 0 Å². The number of benzene rings is 1. The molecule has 3 saturated carbocycles. The number of rotatable bonds is 8. The fourth-order valence-electron chi connectivity index (χ4n) is 5.40. The first-order valence-corrected chi connectivity index (χ1v) is 14.4. The Morgan fingerprint density at radius 2 is 1.88 bits per heavy atom. The Labute approximate surface area is 225 Å². The van der Waals surface area contributed by atoms with Crippen LogP contribution in [0.25, 0.3) is 11.4 Å². The zero-order chi connectivity index (χ0) is 28.3. The van der Waals surface area contributed by atoms with Crippen LogP contribution in [0.1, 0.15) is 81.0 Å². The highest BCUT2D eigenvalue weighted by atomic mass is 32.2. The van der Waals surface area contributed by atoms with Crippen molar-refractivity contribution in [3.8, 4) is 17.1 Å². The number of nitrogens with zero attached hydrogens (tertiary/aromatic N) is 5. The lowest BCUT2D eigenvalue weighted by Gasteiger charge is -2.31. The average molecular weight is 589 g/mol. The molecule has 1 aromatic carbocycles. The number of aromatic nitrogens is 5. The molecular formula is C24H25F5N6O4S. The summed E-state index contributed by atoms with van der Waals surface area (Å²) in [5, 5.41) is 11.9. The van der Waals surface area contributed by atoms with Gasteiger partial charge in [0.2, 0.25) is 27.7 Å². The molecule has 1 N–H and O–H groups in total. The summed E-state index contributed by atoms with van der Waals surface area (Å²) in [6.07, 6.45) is 0.0168. The Morgan fingerprint density at radius 3 is 2.58 bits per heavy atom. The molecule has 6 rings (SSSR count).